The number of allylic oxidation sites excluding steroid dienone is 1. The highest BCUT2D eigenvalue weighted by molar-refractivity contribution is 5.76. The van der Waals surface area contributed by atoms with E-state index in [0.717, 1.165) is 11.3 Å². The molecule has 0 aromatic heterocycles. The minimum Gasteiger partial charge on any atom is -0.467 e. The van der Waals surface area contributed by atoms with Crippen LogP contribution < -0.4 is 5.32 Å². The Bertz CT molecular complexity index is 258. The molecule has 3 heteroatoms. The van der Waals surface area contributed by atoms with Crippen molar-refractivity contribution in [1.29, 1.82) is 0 Å². The summed E-state index contributed by atoms with van der Waals surface area (Å²) in [6, 6.07) is -0.251. The van der Waals surface area contributed by atoms with Crippen molar-refractivity contribution in [1.82, 2.24) is 5.32 Å². The second-order valence-corrected chi connectivity index (χ2v) is 3.38. The molecule has 0 aromatic rings. The highest BCUT2D eigenvalue weighted by Gasteiger charge is 2.32. The van der Waals surface area contributed by atoms with E-state index in [1.54, 1.807) is 0 Å². The Labute approximate surface area is 78.5 Å². The molecular formula is C10H15NO2. The summed E-state index contributed by atoms with van der Waals surface area (Å²) in [5, 5.41) is 3.01. The van der Waals surface area contributed by atoms with E-state index in [-0.39, 0.29) is 17.9 Å². The van der Waals surface area contributed by atoms with Crippen LogP contribution in [0.4, 0.5) is 0 Å². The molecule has 72 valence electrons. The van der Waals surface area contributed by atoms with Crippen molar-refractivity contribution in [3.05, 3.63) is 24.4 Å². The molecule has 0 radical (unpaired) electrons. The van der Waals surface area contributed by atoms with E-state index in [9.17, 15) is 4.79 Å². The molecule has 1 fully saturated rings. The van der Waals surface area contributed by atoms with Crippen molar-refractivity contribution >= 4 is 5.97 Å². The van der Waals surface area contributed by atoms with Crippen molar-refractivity contribution in [3.63, 3.8) is 0 Å². The van der Waals surface area contributed by atoms with Gasteiger partial charge in [-0.25, -0.2) is 4.79 Å². The SMILES string of the molecule is C=C(C)[C@H]1C[C@@H](C(=O)OC)NC1=C. The molecule has 0 bridgehead atoms. The smallest absolute Gasteiger partial charge is 0.328 e. The van der Waals surface area contributed by atoms with Crippen LogP contribution in [-0.2, 0) is 9.53 Å². The summed E-state index contributed by atoms with van der Waals surface area (Å²) in [4.78, 5) is 11.2. The summed E-state index contributed by atoms with van der Waals surface area (Å²) in [6.45, 7) is 9.64. The average Bonchev–Trinajstić information content (AvgIpc) is 2.46. The van der Waals surface area contributed by atoms with Gasteiger partial charge in [-0.15, -0.1) is 0 Å². The molecule has 0 unspecified atom stereocenters. The lowest BCUT2D eigenvalue weighted by Crippen LogP contribution is -2.30. The van der Waals surface area contributed by atoms with Crippen LogP contribution in [0.3, 0.4) is 0 Å². The summed E-state index contributed by atoms with van der Waals surface area (Å²) in [6.07, 6.45) is 0.709. The van der Waals surface area contributed by atoms with Gasteiger partial charge in [-0.1, -0.05) is 18.7 Å². The minimum atomic E-state index is -0.251. The predicted molar refractivity (Wildman–Crippen MR) is 51.0 cm³/mol. The van der Waals surface area contributed by atoms with Gasteiger partial charge in [0.2, 0.25) is 0 Å². The Morgan fingerprint density at radius 3 is 2.69 bits per heavy atom. The Morgan fingerprint density at radius 1 is 1.69 bits per heavy atom. The van der Waals surface area contributed by atoms with Gasteiger partial charge in [-0.3, -0.25) is 0 Å². The number of esters is 1. The first-order valence-corrected chi connectivity index (χ1v) is 4.24. The van der Waals surface area contributed by atoms with E-state index in [1.165, 1.54) is 7.11 Å². The van der Waals surface area contributed by atoms with Gasteiger partial charge < -0.3 is 10.1 Å². The maximum absolute atomic E-state index is 11.2. The monoisotopic (exact) mass is 181 g/mol. The molecule has 0 spiro atoms. The summed E-state index contributed by atoms with van der Waals surface area (Å²) < 4.78 is 4.64. The normalized spacial score (nSPS) is 26.8. The molecule has 1 aliphatic rings. The Morgan fingerprint density at radius 2 is 2.31 bits per heavy atom. The zero-order valence-electron chi connectivity index (χ0n) is 8.09. The molecule has 0 aromatic carbocycles. The average molecular weight is 181 g/mol. The van der Waals surface area contributed by atoms with Crippen LogP contribution in [0.2, 0.25) is 0 Å². The van der Waals surface area contributed by atoms with Gasteiger partial charge in [0, 0.05) is 11.6 Å². The fraction of sp³-hybridized carbons (Fsp3) is 0.500. The van der Waals surface area contributed by atoms with Gasteiger partial charge in [0.25, 0.3) is 0 Å². The molecule has 0 saturated carbocycles. The standard InChI is InChI=1S/C10H15NO2/c1-6(2)8-5-9(10(12)13-4)11-7(8)3/h8-9,11H,1,3,5H2,2,4H3/t8-,9+/m1/s1. The van der Waals surface area contributed by atoms with E-state index in [2.05, 4.69) is 23.2 Å². The van der Waals surface area contributed by atoms with Crippen LogP contribution in [-0.4, -0.2) is 19.1 Å². The highest BCUT2D eigenvalue weighted by Crippen LogP contribution is 2.28. The first-order chi connectivity index (χ1) is 6.06. The zero-order chi connectivity index (χ0) is 10.0. The molecule has 0 aliphatic carbocycles. The molecule has 1 saturated heterocycles. The Balaban J connectivity index is 2.65. The third-order valence-electron chi connectivity index (χ3n) is 2.33. The lowest BCUT2D eigenvalue weighted by Gasteiger charge is -2.07. The van der Waals surface area contributed by atoms with Gasteiger partial charge in [0.1, 0.15) is 6.04 Å². The van der Waals surface area contributed by atoms with Crippen molar-refractivity contribution in [2.45, 2.75) is 19.4 Å². The molecule has 2 atom stereocenters. The summed E-state index contributed by atoms with van der Waals surface area (Å²) >= 11 is 0. The molecule has 13 heavy (non-hydrogen) atoms. The molecule has 1 aliphatic heterocycles. The lowest BCUT2D eigenvalue weighted by atomic mass is 9.97. The van der Waals surface area contributed by atoms with Gasteiger partial charge in [-0.05, 0) is 13.3 Å². The molecule has 0 amide bonds. The van der Waals surface area contributed by atoms with E-state index >= 15 is 0 Å². The third kappa shape index (κ3) is 1.91. The van der Waals surface area contributed by atoms with Gasteiger partial charge in [0.15, 0.2) is 0 Å². The maximum atomic E-state index is 11.2. The van der Waals surface area contributed by atoms with E-state index < -0.39 is 0 Å². The third-order valence-corrected chi connectivity index (χ3v) is 2.33. The van der Waals surface area contributed by atoms with Crippen molar-refractivity contribution in [3.8, 4) is 0 Å². The first kappa shape index (κ1) is 9.84. The van der Waals surface area contributed by atoms with Crippen LogP contribution in [0.25, 0.3) is 0 Å². The summed E-state index contributed by atoms with van der Waals surface area (Å²) in [7, 11) is 1.39. The molecule has 1 N–H and O–H groups in total. The van der Waals surface area contributed by atoms with Crippen LogP contribution >= 0.6 is 0 Å². The number of nitrogens with one attached hydrogen (secondary N) is 1. The number of hydrogen-bond donors (Lipinski definition) is 1. The van der Waals surface area contributed by atoms with E-state index in [4.69, 9.17) is 0 Å². The molecule has 1 rings (SSSR count). The zero-order valence-corrected chi connectivity index (χ0v) is 8.09. The second kappa shape index (κ2) is 3.64. The van der Waals surface area contributed by atoms with E-state index in [0.29, 0.717) is 6.42 Å². The summed E-state index contributed by atoms with van der Waals surface area (Å²) in [5.41, 5.74) is 1.90. The fourth-order valence-corrected chi connectivity index (χ4v) is 1.56. The van der Waals surface area contributed by atoms with Gasteiger partial charge in [-0.2, -0.15) is 0 Å². The minimum absolute atomic E-state index is 0.198. The van der Waals surface area contributed by atoms with Crippen molar-refractivity contribution < 1.29 is 9.53 Å². The predicted octanol–water partition coefficient (Wildman–Crippen LogP) is 1.23. The van der Waals surface area contributed by atoms with Crippen LogP contribution in [0.15, 0.2) is 24.4 Å². The largest absolute Gasteiger partial charge is 0.467 e. The number of carbonyl (C=O) groups excluding carboxylic acids is 1. The lowest BCUT2D eigenvalue weighted by molar-refractivity contribution is -0.142. The number of rotatable bonds is 2. The van der Waals surface area contributed by atoms with E-state index in [1.807, 2.05) is 6.92 Å². The summed E-state index contributed by atoms with van der Waals surface area (Å²) in [5.74, 6) is -0.0333. The number of carbonyl (C=O) groups is 1. The van der Waals surface area contributed by atoms with Crippen molar-refractivity contribution in [2.24, 2.45) is 5.92 Å². The number of methoxy groups -OCH3 is 1. The number of ether oxygens (including phenoxy) is 1. The fourth-order valence-electron chi connectivity index (χ4n) is 1.56. The molecular weight excluding hydrogens is 166 g/mol. The van der Waals surface area contributed by atoms with Crippen LogP contribution in [0, 0.1) is 5.92 Å². The van der Waals surface area contributed by atoms with Gasteiger partial charge >= 0.3 is 5.97 Å². The second-order valence-electron chi connectivity index (χ2n) is 3.38. The number of hydrogen-bond acceptors (Lipinski definition) is 3. The Hall–Kier alpha value is -1.25. The Kier molecular flexibility index (Phi) is 2.76. The topological polar surface area (TPSA) is 38.3 Å². The van der Waals surface area contributed by atoms with Gasteiger partial charge in [0.05, 0.1) is 7.11 Å². The highest BCUT2D eigenvalue weighted by atomic mass is 16.5. The van der Waals surface area contributed by atoms with Crippen LogP contribution in [0.5, 0.6) is 0 Å². The molecule has 1 heterocycles. The molecule has 3 nitrogen and oxygen atoms in total. The van der Waals surface area contributed by atoms with Crippen molar-refractivity contribution in [2.75, 3.05) is 7.11 Å². The quantitative estimate of drug-likeness (QED) is 0.514. The van der Waals surface area contributed by atoms with Crippen LogP contribution in [0.1, 0.15) is 13.3 Å². The first-order valence-electron chi connectivity index (χ1n) is 4.24. The maximum Gasteiger partial charge on any atom is 0.328 e.